The fourth-order valence-corrected chi connectivity index (χ4v) is 2.82. The Labute approximate surface area is 109 Å². The number of benzene rings is 1. The Hall–Kier alpha value is -0.900. The summed E-state index contributed by atoms with van der Waals surface area (Å²) in [5.74, 6) is 0.555. The van der Waals surface area contributed by atoms with Crippen molar-refractivity contribution in [3.63, 3.8) is 0 Å². The van der Waals surface area contributed by atoms with Gasteiger partial charge in [-0.15, -0.1) is 0 Å². The number of piperazine rings is 1. The second-order valence-corrected chi connectivity index (χ2v) is 5.61. The van der Waals surface area contributed by atoms with Gasteiger partial charge >= 0.3 is 0 Å². The zero-order valence-electron chi connectivity index (χ0n) is 10.8. The lowest BCUT2D eigenvalue weighted by Gasteiger charge is -2.36. The third-order valence-corrected chi connectivity index (χ3v) is 4.06. The van der Waals surface area contributed by atoms with E-state index in [2.05, 4.69) is 40.5 Å². The highest BCUT2D eigenvalue weighted by molar-refractivity contribution is 5.14. The average Bonchev–Trinajstić information content (AvgIpc) is 3.24. The van der Waals surface area contributed by atoms with Gasteiger partial charge in [-0.2, -0.15) is 0 Å². The van der Waals surface area contributed by atoms with Gasteiger partial charge in [0.1, 0.15) is 0 Å². The van der Waals surface area contributed by atoms with Crippen LogP contribution in [-0.4, -0.2) is 41.8 Å². The normalized spacial score (nSPS) is 27.1. The van der Waals surface area contributed by atoms with Gasteiger partial charge in [0.05, 0.1) is 6.10 Å². The van der Waals surface area contributed by atoms with Gasteiger partial charge in [0, 0.05) is 32.2 Å². The van der Waals surface area contributed by atoms with Crippen LogP contribution in [0.15, 0.2) is 30.3 Å². The Bertz CT molecular complexity index is 377. The highest BCUT2D eigenvalue weighted by Crippen LogP contribution is 2.34. The van der Waals surface area contributed by atoms with Crippen molar-refractivity contribution in [1.82, 2.24) is 10.2 Å². The maximum atomic E-state index is 10.2. The van der Waals surface area contributed by atoms with Crippen molar-refractivity contribution < 1.29 is 5.11 Å². The molecule has 2 N–H and O–H groups in total. The molecule has 1 unspecified atom stereocenters. The lowest BCUT2D eigenvalue weighted by atomic mass is 10.0. The molecule has 1 aliphatic carbocycles. The molecule has 3 rings (SSSR count). The first-order valence-corrected chi connectivity index (χ1v) is 7.00. The van der Waals surface area contributed by atoms with Crippen molar-refractivity contribution in [2.75, 3.05) is 19.6 Å². The fourth-order valence-electron chi connectivity index (χ4n) is 2.82. The predicted molar refractivity (Wildman–Crippen MR) is 72.2 cm³/mol. The number of rotatable bonds is 4. The Kier molecular flexibility index (Phi) is 3.64. The van der Waals surface area contributed by atoms with Crippen LogP contribution in [0.5, 0.6) is 0 Å². The highest BCUT2D eigenvalue weighted by Gasteiger charge is 2.36. The van der Waals surface area contributed by atoms with E-state index in [9.17, 15) is 5.11 Å². The summed E-state index contributed by atoms with van der Waals surface area (Å²) in [5, 5.41) is 13.7. The van der Waals surface area contributed by atoms with Crippen LogP contribution in [0.1, 0.15) is 18.4 Å². The molecule has 1 saturated carbocycles. The van der Waals surface area contributed by atoms with Crippen LogP contribution >= 0.6 is 0 Å². The van der Waals surface area contributed by atoms with Gasteiger partial charge in [-0.05, 0) is 24.3 Å². The van der Waals surface area contributed by atoms with E-state index in [4.69, 9.17) is 0 Å². The molecule has 2 atom stereocenters. The van der Waals surface area contributed by atoms with E-state index < -0.39 is 0 Å². The van der Waals surface area contributed by atoms with E-state index in [1.165, 1.54) is 18.4 Å². The van der Waals surface area contributed by atoms with Crippen molar-refractivity contribution >= 4 is 0 Å². The van der Waals surface area contributed by atoms with E-state index >= 15 is 0 Å². The zero-order valence-corrected chi connectivity index (χ0v) is 10.8. The largest absolute Gasteiger partial charge is 0.391 e. The van der Waals surface area contributed by atoms with Crippen molar-refractivity contribution in [2.45, 2.75) is 31.5 Å². The van der Waals surface area contributed by atoms with Gasteiger partial charge in [0.2, 0.25) is 0 Å². The quantitative estimate of drug-likeness (QED) is 0.839. The van der Waals surface area contributed by atoms with Crippen molar-refractivity contribution in [3.8, 4) is 0 Å². The van der Waals surface area contributed by atoms with Gasteiger partial charge in [-0.3, -0.25) is 4.90 Å². The highest BCUT2D eigenvalue weighted by atomic mass is 16.3. The van der Waals surface area contributed by atoms with Crippen LogP contribution in [0.2, 0.25) is 0 Å². The fraction of sp³-hybridized carbons (Fsp3) is 0.600. The lowest BCUT2D eigenvalue weighted by molar-refractivity contribution is 0.0624. The molecule has 0 radical (unpaired) electrons. The smallest absolute Gasteiger partial charge is 0.0733 e. The predicted octanol–water partition coefficient (Wildman–Crippen LogP) is 1.23. The van der Waals surface area contributed by atoms with Crippen LogP contribution in [0.4, 0.5) is 0 Å². The number of hydrogen-bond acceptors (Lipinski definition) is 3. The van der Waals surface area contributed by atoms with Crippen LogP contribution in [0.3, 0.4) is 0 Å². The minimum Gasteiger partial charge on any atom is -0.391 e. The second kappa shape index (κ2) is 5.39. The number of hydrogen-bond donors (Lipinski definition) is 2. The summed E-state index contributed by atoms with van der Waals surface area (Å²) in [7, 11) is 0. The number of nitrogens with one attached hydrogen (secondary N) is 1. The number of aliphatic hydroxyl groups is 1. The van der Waals surface area contributed by atoms with Gasteiger partial charge in [0.15, 0.2) is 0 Å². The topological polar surface area (TPSA) is 35.5 Å². The molecule has 0 amide bonds. The van der Waals surface area contributed by atoms with Crippen LogP contribution in [0, 0.1) is 5.92 Å². The van der Waals surface area contributed by atoms with Gasteiger partial charge in [0.25, 0.3) is 0 Å². The molecule has 3 heteroatoms. The van der Waals surface area contributed by atoms with E-state index in [1.807, 2.05) is 0 Å². The molecule has 1 heterocycles. The molecular formula is C15H22N2O. The second-order valence-electron chi connectivity index (χ2n) is 5.61. The van der Waals surface area contributed by atoms with Gasteiger partial charge < -0.3 is 10.4 Å². The van der Waals surface area contributed by atoms with E-state index in [1.54, 1.807) is 0 Å². The summed E-state index contributed by atoms with van der Waals surface area (Å²) in [6.45, 7) is 4.02. The molecule has 0 aromatic heterocycles. The molecule has 1 aromatic rings. The number of aliphatic hydroxyl groups excluding tert-OH is 1. The molecule has 98 valence electrons. The van der Waals surface area contributed by atoms with Crippen molar-refractivity contribution in [3.05, 3.63) is 35.9 Å². The summed E-state index contributed by atoms with van der Waals surface area (Å²) in [4.78, 5) is 2.45. The molecule has 3 nitrogen and oxygen atoms in total. The first kappa shape index (κ1) is 12.2. The van der Waals surface area contributed by atoms with Crippen LogP contribution in [-0.2, 0) is 6.54 Å². The third kappa shape index (κ3) is 2.91. The maximum Gasteiger partial charge on any atom is 0.0733 e. The Morgan fingerprint density at radius 3 is 2.78 bits per heavy atom. The molecule has 0 spiro atoms. The zero-order chi connectivity index (χ0) is 12.4. The van der Waals surface area contributed by atoms with Crippen LogP contribution < -0.4 is 5.32 Å². The number of nitrogens with zero attached hydrogens (tertiary/aromatic N) is 1. The Morgan fingerprint density at radius 2 is 2.06 bits per heavy atom. The van der Waals surface area contributed by atoms with E-state index in [0.717, 1.165) is 26.2 Å². The SMILES string of the molecule is OC(C1CC1)[C@@H]1CN(Cc2ccccc2)CCN1. The standard InChI is InChI=1S/C15H22N2O/c18-15(13-6-7-13)14-11-17(9-8-16-14)10-12-4-2-1-3-5-12/h1-5,13-16,18H,6-11H2/t14-,15?/m0/s1. The first-order valence-electron chi connectivity index (χ1n) is 7.00. The maximum absolute atomic E-state index is 10.2. The molecular weight excluding hydrogens is 224 g/mol. The summed E-state index contributed by atoms with van der Waals surface area (Å²) >= 11 is 0. The first-order chi connectivity index (χ1) is 8.83. The lowest BCUT2D eigenvalue weighted by Crippen LogP contribution is -2.55. The summed E-state index contributed by atoms with van der Waals surface area (Å²) in [6.07, 6.45) is 2.26. The van der Waals surface area contributed by atoms with Crippen molar-refractivity contribution in [1.29, 1.82) is 0 Å². The molecule has 18 heavy (non-hydrogen) atoms. The molecule has 1 saturated heterocycles. The van der Waals surface area contributed by atoms with Crippen molar-refractivity contribution in [2.24, 2.45) is 5.92 Å². The summed E-state index contributed by atoms with van der Waals surface area (Å²) in [6, 6.07) is 10.8. The van der Waals surface area contributed by atoms with Crippen LogP contribution in [0.25, 0.3) is 0 Å². The Morgan fingerprint density at radius 1 is 1.28 bits per heavy atom. The summed E-state index contributed by atoms with van der Waals surface area (Å²) in [5.41, 5.74) is 1.36. The Balaban J connectivity index is 1.56. The molecule has 1 aliphatic heterocycles. The molecule has 2 fully saturated rings. The third-order valence-electron chi connectivity index (χ3n) is 4.06. The summed E-state index contributed by atoms with van der Waals surface area (Å²) < 4.78 is 0. The van der Waals surface area contributed by atoms with Gasteiger partial charge in [-0.1, -0.05) is 30.3 Å². The average molecular weight is 246 g/mol. The minimum absolute atomic E-state index is 0.149. The molecule has 0 bridgehead atoms. The molecule has 1 aromatic carbocycles. The molecule has 2 aliphatic rings. The van der Waals surface area contributed by atoms with E-state index in [-0.39, 0.29) is 12.1 Å². The minimum atomic E-state index is -0.149. The monoisotopic (exact) mass is 246 g/mol. The van der Waals surface area contributed by atoms with Gasteiger partial charge in [-0.25, -0.2) is 0 Å². The van der Waals surface area contributed by atoms with E-state index in [0.29, 0.717) is 5.92 Å².